The van der Waals surface area contributed by atoms with Gasteiger partial charge in [-0.2, -0.15) is 0 Å². The number of fused-ring (bicyclic) bond motifs is 1. The zero-order valence-electron chi connectivity index (χ0n) is 20.8. The molecule has 0 aromatic heterocycles. The topological polar surface area (TPSA) is 0 Å². The molecule has 0 saturated heterocycles. The van der Waals surface area contributed by atoms with Gasteiger partial charge in [0.2, 0.25) is 0 Å². The van der Waals surface area contributed by atoms with E-state index in [2.05, 4.69) is 124 Å². The van der Waals surface area contributed by atoms with Gasteiger partial charge in [0.25, 0.3) is 0 Å². The molecule has 1 aliphatic rings. The summed E-state index contributed by atoms with van der Waals surface area (Å²) in [6.07, 6.45) is 0. The first-order valence-electron chi connectivity index (χ1n) is 12.3. The second-order valence-corrected chi connectivity index (χ2v) is 23.3. The van der Waals surface area contributed by atoms with Gasteiger partial charge in [0.05, 0.1) is 0 Å². The van der Waals surface area contributed by atoms with Gasteiger partial charge in [-0.05, 0) is 40.0 Å². The molecule has 2 heteroatoms. The third-order valence-electron chi connectivity index (χ3n) is 7.10. The van der Waals surface area contributed by atoms with Gasteiger partial charge in [0.1, 0.15) is 0 Å². The Morgan fingerprint density at radius 1 is 0.625 bits per heavy atom. The molecular weight excluding hydrogens is 417 g/mol. The lowest BCUT2D eigenvalue weighted by Gasteiger charge is -2.38. The molecule has 0 nitrogen and oxygen atoms in total. The van der Waals surface area contributed by atoms with E-state index in [0.29, 0.717) is 23.7 Å². The Balaban J connectivity index is 1.92. The first-order chi connectivity index (χ1) is 15.1. The Bertz CT molecular complexity index is 1010. The van der Waals surface area contributed by atoms with Crippen molar-refractivity contribution in [3.63, 3.8) is 0 Å². The molecule has 0 fully saturated rings. The van der Waals surface area contributed by atoms with Crippen LogP contribution in [0, 0.1) is 5.92 Å². The van der Waals surface area contributed by atoms with E-state index in [1.54, 1.807) is 16.7 Å². The Kier molecular flexibility index (Phi) is 6.65. The summed E-state index contributed by atoms with van der Waals surface area (Å²) in [7, 11) is -2.54. The Hall–Kier alpha value is -1.91. The maximum atomic E-state index is 2.55. The van der Waals surface area contributed by atoms with E-state index in [-0.39, 0.29) is 0 Å². The second-order valence-electron chi connectivity index (χ2n) is 12.2. The van der Waals surface area contributed by atoms with Crippen LogP contribution in [0.25, 0.3) is 0 Å². The van der Waals surface area contributed by atoms with Gasteiger partial charge in [-0.1, -0.05) is 136 Å². The van der Waals surface area contributed by atoms with Crippen molar-refractivity contribution in [2.24, 2.45) is 5.92 Å². The molecule has 32 heavy (non-hydrogen) atoms. The molecule has 0 spiro atoms. The molecule has 0 bridgehead atoms. The van der Waals surface area contributed by atoms with Crippen molar-refractivity contribution < 1.29 is 0 Å². The summed E-state index contributed by atoms with van der Waals surface area (Å²) in [6, 6.07) is 35.0. The Morgan fingerprint density at radius 3 is 1.72 bits per heavy atom. The van der Waals surface area contributed by atoms with Gasteiger partial charge in [0.15, 0.2) is 0 Å². The van der Waals surface area contributed by atoms with Crippen LogP contribution in [0.1, 0.15) is 40.0 Å². The van der Waals surface area contributed by atoms with Crippen LogP contribution >= 0.6 is 0 Å². The van der Waals surface area contributed by atoms with Crippen LogP contribution in [0.5, 0.6) is 0 Å². The molecule has 3 aromatic carbocycles. The SMILES string of the molecule is C[Si](C)(C)C[C@H](c1ccccc1)[C@@H]1[C@@H](c2ccccc2)c2ccccc2[C@H]1C[Si](C)(C)C. The van der Waals surface area contributed by atoms with Crippen molar-refractivity contribution in [3.8, 4) is 0 Å². The lowest BCUT2D eigenvalue weighted by atomic mass is 9.73. The molecular formula is C30H40Si2. The van der Waals surface area contributed by atoms with E-state index in [4.69, 9.17) is 0 Å². The smallest absolute Gasteiger partial charge is 0.0448 e. The fourth-order valence-electron chi connectivity index (χ4n) is 6.10. The van der Waals surface area contributed by atoms with Crippen LogP contribution < -0.4 is 0 Å². The minimum Gasteiger partial charge on any atom is -0.0695 e. The lowest BCUT2D eigenvalue weighted by Crippen LogP contribution is -2.33. The van der Waals surface area contributed by atoms with Gasteiger partial charge in [-0.15, -0.1) is 0 Å². The first-order valence-corrected chi connectivity index (χ1v) is 19.7. The fraction of sp³-hybridized carbons (Fsp3) is 0.400. The summed E-state index contributed by atoms with van der Waals surface area (Å²) in [5.74, 6) is 2.34. The highest BCUT2D eigenvalue weighted by Crippen LogP contribution is 2.58. The van der Waals surface area contributed by atoms with Crippen molar-refractivity contribution in [3.05, 3.63) is 107 Å². The standard InChI is InChI=1S/C30H40Si2/c1-31(2,3)21-27(23-15-9-7-10-16-23)30-28(22-32(4,5)6)25-19-13-14-20-26(25)29(30)24-17-11-8-12-18-24/h7-20,27-30H,21-22H2,1-6H3/t27-,28-,29+,30+/m1/s1. The second kappa shape index (κ2) is 9.15. The molecule has 0 amide bonds. The normalized spacial score (nSPS) is 21.9. The molecule has 4 atom stereocenters. The number of hydrogen-bond donors (Lipinski definition) is 0. The number of hydrogen-bond acceptors (Lipinski definition) is 0. The summed E-state index contributed by atoms with van der Waals surface area (Å²) >= 11 is 0. The van der Waals surface area contributed by atoms with Crippen LogP contribution in [-0.2, 0) is 0 Å². The molecule has 168 valence electrons. The minimum atomic E-state index is -1.28. The predicted molar refractivity (Wildman–Crippen MR) is 146 cm³/mol. The van der Waals surface area contributed by atoms with Crippen LogP contribution in [0.4, 0.5) is 0 Å². The predicted octanol–water partition coefficient (Wildman–Crippen LogP) is 8.99. The number of rotatable bonds is 7. The minimum absolute atomic E-state index is 0.482. The summed E-state index contributed by atoms with van der Waals surface area (Å²) in [5, 5.41) is 0. The molecule has 4 rings (SSSR count). The zero-order valence-corrected chi connectivity index (χ0v) is 22.8. The van der Waals surface area contributed by atoms with E-state index in [1.165, 1.54) is 17.7 Å². The largest absolute Gasteiger partial charge is 0.0695 e. The van der Waals surface area contributed by atoms with Gasteiger partial charge >= 0.3 is 0 Å². The average Bonchev–Trinajstić information content (AvgIpc) is 3.05. The zero-order chi connectivity index (χ0) is 22.9. The fourth-order valence-corrected chi connectivity index (χ4v) is 9.73. The van der Waals surface area contributed by atoms with Crippen molar-refractivity contribution >= 4 is 16.1 Å². The van der Waals surface area contributed by atoms with Gasteiger partial charge in [0, 0.05) is 22.1 Å². The van der Waals surface area contributed by atoms with Gasteiger partial charge < -0.3 is 0 Å². The quantitative estimate of drug-likeness (QED) is 0.311. The summed E-state index contributed by atoms with van der Waals surface area (Å²) in [6.45, 7) is 15.3. The molecule has 3 aromatic rings. The molecule has 0 heterocycles. The van der Waals surface area contributed by atoms with E-state index < -0.39 is 16.1 Å². The van der Waals surface area contributed by atoms with E-state index in [0.717, 1.165) is 0 Å². The molecule has 0 aliphatic heterocycles. The van der Waals surface area contributed by atoms with Crippen molar-refractivity contribution in [2.75, 3.05) is 0 Å². The van der Waals surface area contributed by atoms with E-state index >= 15 is 0 Å². The maximum absolute atomic E-state index is 2.55. The van der Waals surface area contributed by atoms with Crippen molar-refractivity contribution in [2.45, 2.75) is 69.1 Å². The van der Waals surface area contributed by atoms with Crippen molar-refractivity contribution in [1.29, 1.82) is 0 Å². The van der Waals surface area contributed by atoms with Gasteiger partial charge in [-0.3, -0.25) is 0 Å². The van der Waals surface area contributed by atoms with Crippen molar-refractivity contribution in [1.82, 2.24) is 0 Å². The highest BCUT2D eigenvalue weighted by atomic mass is 28.3. The molecule has 0 radical (unpaired) electrons. The lowest BCUT2D eigenvalue weighted by molar-refractivity contribution is 0.372. The van der Waals surface area contributed by atoms with Crippen LogP contribution in [0.3, 0.4) is 0 Å². The number of benzene rings is 3. The summed E-state index contributed by atoms with van der Waals surface area (Å²) in [4.78, 5) is 0. The highest BCUT2D eigenvalue weighted by Gasteiger charge is 2.47. The monoisotopic (exact) mass is 456 g/mol. The summed E-state index contributed by atoms with van der Waals surface area (Å²) in [5.41, 5.74) is 6.27. The molecule has 1 aliphatic carbocycles. The van der Waals surface area contributed by atoms with E-state index in [9.17, 15) is 0 Å². The first kappa shape index (κ1) is 23.3. The third-order valence-corrected chi connectivity index (χ3v) is 10.4. The highest BCUT2D eigenvalue weighted by molar-refractivity contribution is 6.76. The average molecular weight is 457 g/mol. The maximum Gasteiger partial charge on any atom is 0.0448 e. The molecule has 0 N–H and O–H groups in total. The summed E-state index contributed by atoms with van der Waals surface area (Å²) < 4.78 is 0. The molecule has 0 saturated carbocycles. The van der Waals surface area contributed by atoms with Crippen LogP contribution in [0.2, 0.25) is 51.4 Å². The van der Waals surface area contributed by atoms with E-state index in [1.807, 2.05) is 0 Å². The van der Waals surface area contributed by atoms with Gasteiger partial charge in [-0.25, -0.2) is 0 Å². The van der Waals surface area contributed by atoms with Crippen LogP contribution in [-0.4, -0.2) is 16.1 Å². The third kappa shape index (κ3) is 5.18. The van der Waals surface area contributed by atoms with Crippen LogP contribution in [0.15, 0.2) is 84.9 Å². The Morgan fingerprint density at radius 2 is 1.16 bits per heavy atom. The molecule has 0 unspecified atom stereocenters. The Labute approximate surface area is 198 Å².